The fourth-order valence-electron chi connectivity index (χ4n) is 0.728. The molecule has 0 heterocycles. The number of azide groups is 1. The maximum Gasteiger partial charge on any atom is 0.0836 e. The summed E-state index contributed by atoms with van der Waals surface area (Å²) in [5.41, 5.74) is 13.4. The van der Waals surface area contributed by atoms with Crippen molar-refractivity contribution >= 4 is 0 Å². The van der Waals surface area contributed by atoms with E-state index in [1.807, 2.05) is 0 Å². The van der Waals surface area contributed by atoms with Gasteiger partial charge in [0.1, 0.15) is 0 Å². The van der Waals surface area contributed by atoms with Crippen molar-refractivity contribution in [2.24, 2.45) is 10.8 Å². The Morgan fingerprint density at radius 2 is 2.30 bits per heavy atom. The molecule has 1 unspecified atom stereocenters. The second kappa shape index (κ2) is 6.39. The lowest BCUT2D eigenvalue weighted by molar-refractivity contribution is 0.573. The van der Waals surface area contributed by atoms with Crippen molar-refractivity contribution in [2.45, 2.75) is 38.8 Å². The summed E-state index contributed by atoms with van der Waals surface area (Å²) in [4.78, 5) is 2.61. The fraction of sp³-hybridized carbons (Fsp3) is 1.00. The van der Waals surface area contributed by atoms with Gasteiger partial charge >= 0.3 is 0 Å². The predicted octanol–water partition coefficient (Wildman–Crippen LogP) is 2.16. The maximum absolute atomic E-state index is 7.97. The first-order chi connectivity index (χ1) is 4.81. The van der Waals surface area contributed by atoms with Crippen molar-refractivity contribution in [2.75, 3.05) is 0 Å². The molecule has 0 spiro atoms. The zero-order chi connectivity index (χ0) is 7.82. The van der Waals surface area contributed by atoms with Gasteiger partial charge in [0.05, 0.1) is 6.17 Å². The standard InChI is InChI=1S/C6H14N4/c1-2-3-4-5-6(7)9-10-8/h6H,2-5,7H2,1H3. The second-order valence-corrected chi connectivity index (χ2v) is 2.27. The van der Waals surface area contributed by atoms with Crippen molar-refractivity contribution in [3.63, 3.8) is 0 Å². The number of unbranched alkanes of at least 4 members (excludes halogenated alkanes) is 2. The van der Waals surface area contributed by atoms with Crippen molar-refractivity contribution < 1.29 is 0 Å². The van der Waals surface area contributed by atoms with Gasteiger partial charge in [-0.25, -0.2) is 0 Å². The lowest BCUT2D eigenvalue weighted by atomic mass is 10.2. The minimum absolute atomic E-state index is 0.323. The van der Waals surface area contributed by atoms with E-state index >= 15 is 0 Å². The Morgan fingerprint density at radius 3 is 2.80 bits per heavy atom. The van der Waals surface area contributed by atoms with Gasteiger partial charge in [-0.15, -0.1) is 0 Å². The van der Waals surface area contributed by atoms with E-state index < -0.39 is 0 Å². The summed E-state index contributed by atoms with van der Waals surface area (Å²) in [6.45, 7) is 2.12. The summed E-state index contributed by atoms with van der Waals surface area (Å²) in [5.74, 6) is 0. The monoisotopic (exact) mass is 142 g/mol. The summed E-state index contributed by atoms with van der Waals surface area (Å²) in [5, 5.41) is 3.35. The van der Waals surface area contributed by atoms with Gasteiger partial charge in [-0.3, -0.25) is 0 Å². The molecule has 0 rings (SSSR count). The van der Waals surface area contributed by atoms with Crippen LogP contribution in [0.15, 0.2) is 5.11 Å². The van der Waals surface area contributed by atoms with Crippen molar-refractivity contribution in [1.29, 1.82) is 0 Å². The average molecular weight is 142 g/mol. The summed E-state index contributed by atoms with van der Waals surface area (Å²) < 4.78 is 0. The Morgan fingerprint density at radius 1 is 1.60 bits per heavy atom. The van der Waals surface area contributed by atoms with E-state index in [1.54, 1.807) is 0 Å². The first-order valence-electron chi connectivity index (χ1n) is 3.61. The highest BCUT2D eigenvalue weighted by Gasteiger charge is 1.95. The molecule has 1 atom stereocenters. The minimum atomic E-state index is -0.323. The summed E-state index contributed by atoms with van der Waals surface area (Å²) in [6, 6.07) is 0. The fourth-order valence-corrected chi connectivity index (χ4v) is 0.728. The van der Waals surface area contributed by atoms with Gasteiger partial charge in [-0.1, -0.05) is 31.3 Å². The van der Waals surface area contributed by atoms with Gasteiger partial charge in [-0.05, 0) is 12.0 Å². The number of rotatable bonds is 5. The minimum Gasteiger partial charge on any atom is -0.323 e. The summed E-state index contributed by atoms with van der Waals surface area (Å²) in [6.07, 6.45) is 3.86. The van der Waals surface area contributed by atoms with E-state index in [0.29, 0.717) is 0 Å². The molecule has 0 bridgehead atoms. The van der Waals surface area contributed by atoms with Crippen molar-refractivity contribution in [3.8, 4) is 0 Å². The Bertz CT molecular complexity index is 117. The molecule has 0 aliphatic rings. The van der Waals surface area contributed by atoms with E-state index in [4.69, 9.17) is 11.3 Å². The van der Waals surface area contributed by atoms with E-state index in [0.717, 1.165) is 19.3 Å². The molecule has 0 aliphatic carbocycles. The predicted molar refractivity (Wildman–Crippen MR) is 41.3 cm³/mol. The van der Waals surface area contributed by atoms with Crippen LogP contribution in [0.5, 0.6) is 0 Å². The van der Waals surface area contributed by atoms with Crippen LogP contribution in [0, 0.1) is 0 Å². The zero-order valence-electron chi connectivity index (χ0n) is 6.32. The van der Waals surface area contributed by atoms with Crippen LogP contribution < -0.4 is 5.73 Å². The van der Waals surface area contributed by atoms with E-state index in [9.17, 15) is 0 Å². The van der Waals surface area contributed by atoms with Gasteiger partial charge < -0.3 is 5.73 Å². The molecule has 0 radical (unpaired) electrons. The highest BCUT2D eigenvalue weighted by molar-refractivity contribution is 4.58. The lowest BCUT2D eigenvalue weighted by Gasteiger charge is -2.01. The number of hydrogen-bond acceptors (Lipinski definition) is 2. The molecule has 10 heavy (non-hydrogen) atoms. The molecule has 4 nitrogen and oxygen atoms in total. The molecule has 0 aromatic carbocycles. The quantitative estimate of drug-likeness (QED) is 0.271. The smallest absolute Gasteiger partial charge is 0.0836 e. The summed E-state index contributed by atoms with van der Waals surface area (Å²) in [7, 11) is 0. The lowest BCUT2D eigenvalue weighted by Crippen LogP contribution is -2.15. The largest absolute Gasteiger partial charge is 0.323 e. The molecule has 58 valence electrons. The molecule has 0 fully saturated rings. The van der Waals surface area contributed by atoms with Crippen LogP contribution in [0.1, 0.15) is 32.6 Å². The van der Waals surface area contributed by atoms with Crippen LogP contribution in [0.4, 0.5) is 0 Å². The van der Waals surface area contributed by atoms with Gasteiger partial charge in [0.2, 0.25) is 0 Å². The maximum atomic E-state index is 7.97. The second-order valence-electron chi connectivity index (χ2n) is 2.27. The molecule has 0 aromatic heterocycles. The van der Waals surface area contributed by atoms with Gasteiger partial charge in [0, 0.05) is 4.91 Å². The molecule has 2 N–H and O–H groups in total. The van der Waals surface area contributed by atoms with E-state index in [2.05, 4.69) is 16.9 Å². The zero-order valence-corrected chi connectivity index (χ0v) is 6.32. The third-order valence-corrected chi connectivity index (χ3v) is 1.30. The van der Waals surface area contributed by atoms with Gasteiger partial charge in [-0.2, -0.15) is 0 Å². The molecular formula is C6H14N4. The Labute approximate surface area is 61.0 Å². The van der Waals surface area contributed by atoms with Crippen LogP contribution >= 0.6 is 0 Å². The molecule has 0 saturated heterocycles. The highest BCUT2D eigenvalue weighted by atomic mass is 15.2. The van der Waals surface area contributed by atoms with E-state index in [1.165, 1.54) is 6.42 Å². The SMILES string of the molecule is CCCCCC(N)N=[N+]=[N-]. The van der Waals surface area contributed by atoms with Gasteiger partial charge in [0.15, 0.2) is 0 Å². The van der Waals surface area contributed by atoms with E-state index in [-0.39, 0.29) is 6.17 Å². The van der Waals surface area contributed by atoms with Crippen LogP contribution in [0.25, 0.3) is 10.4 Å². The van der Waals surface area contributed by atoms with Crippen molar-refractivity contribution in [1.82, 2.24) is 0 Å². The topological polar surface area (TPSA) is 74.8 Å². The molecule has 0 aromatic rings. The molecule has 4 heteroatoms. The molecular weight excluding hydrogens is 128 g/mol. The Kier molecular flexibility index (Phi) is 5.92. The third-order valence-electron chi connectivity index (χ3n) is 1.30. The number of nitrogens with zero attached hydrogens (tertiary/aromatic N) is 3. The Hall–Kier alpha value is -0.730. The number of hydrogen-bond donors (Lipinski definition) is 1. The average Bonchev–Trinajstić information content (AvgIpc) is 1.89. The van der Waals surface area contributed by atoms with Crippen LogP contribution in [0.2, 0.25) is 0 Å². The Balaban J connectivity index is 3.21. The highest BCUT2D eigenvalue weighted by Crippen LogP contribution is 2.01. The van der Waals surface area contributed by atoms with Gasteiger partial charge in [0.25, 0.3) is 0 Å². The first kappa shape index (κ1) is 9.27. The number of nitrogens with two attached hydrogens (primary N) is 1. The molecule has 0 saturated carbocycles. The molecule has 0 aliphatic heterocycles. The van der Waals surface area contributed by atoms with Crippen LogP contribution in [-0.4, -0.2) is 6.17 Å². The molecule has 0 amide bonds. The normalized spacial score (nSPS) is 12.2. The summed E-state index contributed by atoms with van der Waals surface area (Å²) >= 11 is 0. The van der Waals surface area contributed by atoms with Crippen molar-refractivity contribution in [3.05, 3.63) is 10.4 Å². The van der Waals surface area contributed by atoms with Crippen LogP contribution in [-0.2, 0) is 0 Å². The first-order valence-corrected chi connectivity index (χ1v) is 3.61. The third kappa shape index (κ3) is 5.41. The van der Waals surface area contributed by atoms with Crippen LogP contribution in [0.3, 0.4) is 0 Å².